The normalized spacial score (nSPS) is 18.8. The average molecular weight is 402 g/mol. The number of benzene rings is 2. The van der Waals surface area contributed by atoms with Gasteiger partial charge in [0.15, 0.2) is 0 Å². The van der Waals surface area contributed by atoms with Crippen molar-refractivity contribution in [1.29, 1.82) is 0 Å². The molecule has 2 aliphatic heterocycles. The summed E-state index contributed by atoms with van der Waals surface area (Å²) in [6, 6.07) is 14.4. The second kappa shape index (κ2) is 6.78. The molecule has 0 spiro atoms. The van der Waals surface area contributed by atoms with Crippen LogP contribution < -0.4 is 0 Å². The van der Waals surface area contributed by atoms with E-state index in [9.17, 15) is 18.0 Å². The topological polar surface area (TPSA) is 74.8 Å². The summed E-state index contributed by atoms with van der Waals surface area (Å²) in [7, 11) is -3.63. The molecule has 0 bridgehead atoms. The van der Waals surface area contributed by atoms with Crippen LogP contribution in [0.15, 0.2) is 53.4 Å². The van der Waals surface area contributed by atoms with Crippen LogP contribution in [0.1, 0.15) is 5.56 Å². The van der Waals surface area contributed by atoms with Crippen molar-refractivity contribution >= 4 is 32.9 Å². The second-order valence-electron chi connectivity index (χ2n) is 6.68. The minimum atomic E-state index is -3.63. The number of carbonyl (C=O) groups is 2. The number of nitrogens with zero attached hydrogens (tertiary/aromatic N) is 2. The number of sulfonamides is 1. The molecule has 2 heterocycles. The molecule has 27 heavy (non-hydrogen) atoms. The molecule has 2 aromatic rings. The van der Waals surface area contributed by atoms with E-state index in [1.54, 1.807) is 24.3 Å². The van der Waals surface area contributed by atoms with E-state index in [0.717, 1.165) is 22.9 Å². The Labute approximate surface area is 162 Å². The number of amides is 2. The SMILES string of the molecule is Cc1ccc(-c2ccc(S(=O)(=O)N3CC(N4C(=O)CSC4=O)C3)cc2)cc1. The molecule has 0 aliphatic carbocycles. The Hall–Kier alpha value is -2.16. The van der Waals surface area contributed by atoms with Crippen LogP contribution in [0.4, 0.5) is 4.79 Å². The van der Waals surface area contributed by atoms with Crippen molar-refractivity contribution in [3.63, 3.8) is 0 Å². The molecular formula is C19H18N2O4S2. The third-order valence-corrected chi connectivity index (χ3v) is 7.54. The molecule has 4 rings (SSSR count). The van der Waals surface area contributed by atoms with Gasteiger partial charge in [-0.3, -0.25) is 14.5 Å². The first-order valence-corrected chi connectivity index (χ1v) is 10.9. The number of carbonyl (C=O) groups excluding carboxylic acids is 2. The van der Waals surface area contributed by atoms with Crippen molar-refractivity contribution in [3.8, 4) is 11.1 Å². The largest absolute Gasteiger partial charge is 0.289 e. The first-order chi connectivity index (χ1) is 12.9. The fourth-order valence-corrected chi connectivity index (χ4v) is 5.50. The Morgan fingerprint density at radius 2 is 1.48 bits per heavy atom. The Balaban J connectivity index is 1.47. The number of aryl methyl sites for hydroxylation is 1. The minimum absolute atomic E-state index is 0.141. The summed E-state index contributed by atoms with van der Waals surface area (Å²) in [5.41, 5.74) is 3.14. The van der Waals surface area contributed by atoms with Crippen LogP contribution >= 0.6 is 11.8 Å². The lowest BCUT2D eigenvalue weighted by Crippen LogP contribution is -2.61. The molecule has 2 fully saturated rings. The van der Waals surface area contributed by atoms with Gasteiger partial charge in [0.2, 0.25) is 15.9 Å². The third kappa shape index (κ3) is 3.28. The molecular weight excluding hydrogens is 384 g/mol. The smallest absolute Gasteiger partial charge is 0.273 e. The van der Waals surface area contributed by atoms with Gasteiger partial charge in [-0.15, -0.1) is 0 Å². The zero-order valence-corrected chi connectivity index (χ0v) is 16.3. The first kappa shape index (κ1) is 18.2. The summed E-state index contributed by atoms with van der Waals surface area (Å²) in [5.74, 6) is -0.0998. The molecule has 0 saturated carbocycles. The van der Waals surface area contributed by atoms with Crippen LogP contribution in [0.25, 0.3) is 11.1 Å². The summed E-state index contributed by atoms with van der Waals surface area (Å²) in [5, 5.41) is -0.288. The van der Waals surface area contributed by atoms with Crippen LogP contribution in [0.2, 0.25) is 0 Å². The molecule has 2 saturated heterocycles. The number of hydrogen-bond donors (Lipinski definition) is 0. The maximum absolute atomic E-state index is 12.8. The molecule has 140 valence electrons. The predicted molar refractivity (Wildman–Crippen MR) is 104 cm³/mol. The summed E-state index contributed by atoms with van der Waals surface area (Å²) in [6.07, 6.45) is 0. The summed E-state index contributed by atoms with van der Waals surface area (Å²) < 4.78 is 26.8. The van der Waals surface area contributed by atoms with Gasteiger partial charge in [-0.05, 0) is 30.2 Å². The third-order valence-electron chi connectivity index (χ3n) is 4.86. The van der Waals surface area contributed by atoms with Gasteiger partial charge in [0.05, 0.1) is 16.7 Å². The molecule has 0 radical (unpaired) electrons. The quantitative estimate of drug-likeness (QED) is 0.786. The fraction of sp³-hybridized carbons (Fsp3) is 0.263. The standard InChI is InChI=1S/C19H18N2O4S2/c1-13-2-4-14(5-3-13)15-6-8-17(9-7-15)27(24,25)20-10-16(11-20)21-18(22)12-26-19(21)23/h2-9,16H,10-12H2,1H3. The highest BCUT2D eigenvalue weighted by Gasteiger charge is 2.45. The van der Waals surface area contributed by atoms with E-state index in [-0.39, 0.29) is 40.9 Å². The van der Waals surface area contributed by atoms with Crippen LogP contribution in [0.3, 0.4) is 0 Å². The zero-order valence-electron chi connectivity index (χ0n) is 14.7. The van der Waals surface area contributed by atoms with Crippen LogP contribution in [0, 0.1) is 6.92 Å². The highest BCUT2D eigenvalue weighted by molar-refractivity contribution is 8.14. The fourth-order valence-electron chi connectivity index (χ4n) is 3.21. The van der Waals surface area contributed by atoms with E-state index >= 15 is 0 Å². The van der Waals surface area contributed by atoms with Gasteiger partial charge in [-0.25, -0.2) is 8.42 Å². The van der Waals surface area contributed by atoms with Crippen LogP contribution in [0.5, 0.6) is 0 Å². The lowest BCUT2D eigenvalue weighted by atomic mass is 10.0. The maximum Gasteiger partial charge on any atom is 0.289 e. The van der Waals surface area contributed by atoms with Gasteiger partial charge in [-0.1, -0.05) is 53.7 Å². The number of rotatable bonds is 4. The van der Waals surface area contributed by atoms with E-state index in [1.807, 2.05) is 31.2 Å². The van der Waals surface area contributed by atoms with Crippen LogP contribution in [-0.2, 0) is 14.8 Å². The number of thioether (sulfide) groups is 1. The Morgan fingerprint density at radius 1 is 0.926 bits per heavy atom. The van der Waals surface area contributed by atoms with Gasteiger partial charge in [0.25, 0.3) is 5.24 Å². The Bertz CT molecular complexity index is 979. The van der Waals surface area contributed by atoms with Crippen molar-refractivity contribution in [2.24, 2.45) is 0 Å². The summed E-state index contributed by atoms with van der Waals surface area (Å²) >= 11 is 0.966. The number of hydrogen-bond acceptors (Lipinski definition) is 5. The van der Waals surface area contributed by atoms with E-state index in [1.165, 1.54) is 14.8 Å². The molecule has 0 N–H and O–H groups in total. The van der Waals surface area contributed by atoms with Crippen molar-refractivity contribution < 1.29 is 18.0 Å². The molecule has 2 aromatic carbocycles. The highest BCUT2D eigenvalue weighted by Crippen LogP contribution is 2.30. The Morgan fingerprint density at radius 3 is 2.00 bits per heavy atom. The van der Waals surface area contributed by atoms with E-state index in [2.05, 4.69) is 0 Å². The minimum Gasteiger partial charge on any atom is -0.273 e. The average Bonchev–Trinajstić information content (AvgIpc) is 2.94. The predicted octanol–water partition coefficient (Wildman–Crippen LogP) is 2.73. The molecule has 0 unspecified atom stereocenters. The lowest BCUT2D eigenvalue weighted by Gasteiger charge is -2.41. The van der Waals surface area contributed by atoms with Gasteiger partial charge in [0.1, 0.15) is 0 Å². The highest BCUT2D eigenvalue weighted by atomic mass is 32.2. The summed E-state index contributed by atoms with van der Waals surface area (Å²) in [4.78, 5) is 24.9. The van der Waals surface area contributed by atoms with E-state index < -0.39 is 10.0 Å². The molecule has 0 atom stereocenters. The molecule has 0 aromatic heterocycles. The van der Waals surface area contributed by atoms with Crippen molar-refractivity contribution in [1.82, 2.24) is 9.21 Å². The van der Waals surface area contributed by atoms with Gasteiger partial charge in [0, 0.05) is 13.1 Å². The van der Waals surface area contributed by atoms with Gasteiger partial charge < -0.3 is 0 Å². The van der Waals surface area contributed by atoms with E-state index in [4.69, 9.17) is 0 Å². The molecule has 2 amide bonds. The molecule has 8 heteroatoms. The van der Waals surface area contributed by atoms with Crippen molar-refractivity contribution in [3.05, 3.63) is 54.1 Å². The summed E-state index contributed by atoms with van der Waals surface area (Å²) in [6.45, 7) is 2.32. The Kier molecular flexibility index (Phi) is 4.57. The zero-order chi connectivity index (χ0) is 19.2. The van der Waals surface area contributed by atoms with Crippen LogP contribution in [-0.4, -0.2) is 53.7 Å². The second-order valence-corrected chi connectivity index (χ2v) is 9.55. The first-order valence-electron chi connectivity index (χ1n) is 8.52. The number of imide groups is 1. The monoisotopic (exact) mass is 402 g/mol. The van der Waals surface area contributed by atoms with Crippen molar-refractivity contribution in [2.45, 2.75) is 17.9 Å². The van der Waals surface area contributed by atoms with E-state index in [0.29, 0.717) is 0 Å². The van der Waals surface area contributed by atoms with Gasteiger partial charge >= 0.3 is 0 Å². The van der Waals surface area contributed by atoms with Crippen molar-refractivity contribution in [2.75, 3.05) is 18.8 Å². The molecule has 6 nitrogen and oxygen atoms in total. The lowest BCUT2D eigenvalue weighted by molar-refractivity contribution is -0.127. The molecule has 2 aliphatic rings. The maximum atomic E-state index is 12.8. The van der Waals surface area contributed by atoms with Gasteiger partial charge in [-0.2, -0.15) is 4.31 Å².